The molecule has 0 saturated carbocycles. The summed E-state index contributed by atoms with van der Waals surface area (Å²) in [5.41, 5.74) is 1.02. The zero-order valence-electron chi connectivity index (χ0n) is 8.34. The molecule has 0 amide bonds. The highest BCUT2D eigenvalue weighted by Crippen LogP contribution is 2.07. The van der Waals surface area contributed by atoms with Crippen molar-refractivity contribution in [1.29, 1.82) is 0 Å². The van der Waals surface area contributed by atoms with Gasteiger partial charge in [0, 0.05) is 7.11 Å². The predicted molar refractivity (Wildman–Crippen MR) is 51.2 cm³/mol. The van der Waals surface area contributed by atoms with Crippen LogP contribution in [0.1, 0.15) is 33.1 Å². The average molecular weight is 172 g/mol. The van der Waals surface area contributed by atoms with E-state index >= 15 is 0 Å². The second kappa shape index (κ2) is 7.32. The molecule has 0 rings (SSSR count). The fourth-order valence-corrected chi connectivity index (χ4v) is 1.05. The zero-order valence-corrected chi connectivity index (χ0v) is 8.34. The number of hydrogen-bond acceptors (Lipinski definition) is 2. The zero-order chi connectivity index (χ0) is 9.40. The first-order chi connectivity index (χ1) is 5.74. The summed E-state index contributed by atoms with van der Waals surface area (Å²) in [7, 11) is 1.74. The highest BCUT2D eigenvalue weighted by Gasteiger charge is 2.02. The van der Waals surface area contributed by atoms with Crippen molar-refractivity contribution in [3.05, 3.63) is 11.6 Å². The molecule has 1 atom stereocenters. The molecule has 0 aliphatic carbocycles. The third-order valence-corrected chi connectivity index (χ3v) is 1.92. The molecule has 0 aromatic rings. The number of ether oxygens (including phenoxy) is 1. The molecule has 0 heterocycles. The topological polar surface area (TPSA) is 29.5 Å². The molecule has 0 aromatic heterocycles. The average Bonchev–Trinajstić information content (AvgIpc) is 2.11. The van der Waals surface area contributed by atoms with Crippen LogP contribution in [0.15, 0.2) is 11.6 Å². The Labute approximate surface area is 75.2 Å². The van der Waals surface area contributed by atoms with Crippen LogP contribution in [0.25, 0.3) is 0 Å². The van der Waals surface area contributed by atoms with Gasteiger partial charge in [0.1, 0.15) is 0 Å². The third-order valence-electron chi connectivity index (χ3n) is 1.92. The Morgan fingerprint density at radius 2 is 2.25 bits per heavy atom. The van der Waals surface area contributed by atoms with Gasteiger partial charge in [-0.2, -0.15) is 0 Å². The van der Waals surface area contributed by atoms with Crippen molar-refractivity contribution in [3.8, 4) is 0 Å². The molecule has 1 unspecified atom stereocenters. The van der Waals surface area contributed by atoms with Gasteiger partial charge in [0.05, 0.1) is 12.7 Å². The lowest BCUT2D eigenvalue weighted by Gasteiger charge is -2.11. The van der Waals surface area contributed by atoms with Gasteiger partial charge < -0.3 is 9.84 Å². The molecule has 72 valence electrons. The van der Waals surface area contributed by atoms with E-state index in [-0.39, 0.29) is 6.61 Å². The van der Waals surface area contributed by atoms with Crippen LogP contribution in [-0.2, 0) is 4.74 Å². The van der Waals surface area contributed by atoms with E-state index in [1.807, 2.05) is 13.0 Å². The lowest BCUT2D eigenvalue weighted by Crippen LogP contribution is -2.08. The second-order valence-corrected chi connectivity index (χ2v) is 3.09. The first kappa shape index (κ1) is 11.7. The second-order valence-electron chi connectivity index (χ2n) is 3.09. The van der Waals surface area contributed by atoms with Crippen LogP contribution in [0.3, 0.4) is 0 Å². The summed E-state index contributed by atoms with van der Waals surface area (Å²) >= 11 is 0. The standard InChI is InChI=1S/C10H20O2/c1-4-5-10(12-3)7-6-9(2)8-11/h6,10-11H,4-5,7-8H2,1-3H3/b9-6+. The van der Waals surface area contributed by atoms with Gasteiger partial charge >= 0.3 is 0 Å². The van der Waals surface area contributed by atoms with E-state index in [4.69, 9.17) is 9.84 Å². The molecule has 0 spiro atoms. The maximum Gasteiger partial charge on any atom is 0.0639 e. The maximum absolute atomic E-state index is 8.74. The molecule has 2 nitrogen and oxygen atoms in total. The van der Waals surface area contributed by atoms with Gasteiger partial charge in [0.15, 0.2) is 0 Å². The number of rotatable bonds is 6. The molecule has 0 radical (unpaired) electrons. The summed E-state index contributed by atoms with van der Waals surface area (Å²) in [6.07, 6.45) is 5.51. The van der Waals surface area contributed by atoms with E-state index in [0.717, 1.165) is 24.8 Å². The lowest BCUT2D eigenvalue weighted by molar-refractivity contribution is 0.0968. The van der Waals surface area contributed by atoms with Crippen molar-refractivity contribution in [3.63, 3.8) is 0 Å². The SMILES string of the molecule is CCCC(C/C=C(\C)CO)OC. The Kier molecular flexibility index (Phi) is 7.11. The van der Waals surface area contributed by atoms with Crippen molar-refractivity contribution in [2.24, 2.45) is 0 Å². The van der Waals surface area contributed by atoms with Gasteiger partial charge in [-0.05, 0) is 19.8 Å². The van der Waals surface area contributed by atoms with Gasteiger partial charge in [-0.25, -0.2) is 0 Å². The first-order valence-corrected chi connectivity index (χ1v) is 4.53. The first-order valence-electron chi connectivity index (χ1n) is 4.53. The minimum Gasteiger partial charge on any atom is -0.392 e. The van der Waals surface area contributed by atoms with Crippen molar-refractivity contribution in [1.82, 2.24) is 0 Å². The van der Waals surface area contributed by atoms with Gasteiger partial charge in [-0.15, -0.1) is 0 Å². The molecule has 12 heavy (non-hydrogen) atoms. The molecule has 2 heteroatoms. The van der Waals surface area contributed by atoms with Crippen molar-refractivity contribution in [2.45, 2.75) is 39.2 Å². The molecular weight excluding hydrogens is 152 g/mol. The molecular formula is C10H20O2. The summed E-state index contributed by atoms with van der Waals surface area (Å²) in [6, 6.07) is 0. The van der Waals surface area contributed by atoms with E-state index < -0.39 is 0 Å². The minimum atomic E-state index is 0.155. The maximum atomic E-state index is 8.74. The smallest absolute Gasteiger partial charge is 0.0639 e. The van der Waals surface area contributed by atoms with Crippen LogP contribution in [0.2, 0.25) is 0 Å². The molecule has 0 aliphatic heterocycles. The van der Waals surface area contributed by atoms with E-state index in [0.29, 0.717) is 6.10 Å². The van der Waals surface area contributed by atoms with Crippen LogP contribution in [-0.4, -0.2) is 24.9 Å². The summed E-state index contributed by atoms with van der Waals surface area (Å²) in [6.45, 7) is 4.23. The molecule has 0 saturated heterocycles. The number of aliphatic hydroxyl groups excluding tert-OH is 1. The van der Waals surface area contributed by atoms with E-state index in [1.165, 1.54) is 0 Å². The van der Waals surface area contributed by atoms with Crippen molar-refractivity contribution >= 4 is 0 Å². The summed E-state index contributed by atoms with van der Waals surface area (Å²) < 4.78 is 5.26. The number of aliphatic hydroxyl groups is 1. The Morgan fingerprint density at radius 3 is 2.67 bits per heavy atom. The monoisotopic (exact) mass is 172 g/mol. The number of methoxy groups -OCH3 is 1. The Balaban J connectivity index is 3.70. The Morgan fingerprint density at radius 1 is 1.58 bits per heavy atom. The summed E-state index contributed by atoms with van der Waals surface area (Å²) in [5.74, 6) is 0. The Hall–Kier alpha value is -0.340. The van der Waals surface area contributed by atoms with Crippen LogP contribution in [0.4, 0.5) is 0 Å². The Bertz CT molecular complexity index is 130. The highest BCUT2D eigenvalue weighted by atomic mass is 16.5. The van der Waals surface area contributed by atoms with Crippen LogP contribution < -0.4 is 0 Å². The molecule has 0 aliphatic rings. The fraction of sp³-hybridized carbons (Fsp3) is 0.800. The van der Waals surface area contributed by atoms with Gasteiger partial charge in [0.2, 0.25) is 0 Å². The largest absolute Gasteiger partial charge is 0.392 e. The summed E-state index contributed by atoms with van der Waals surface area (Å²) in [4.78, 5) is 0. The predicted octanol–water partition coefficient (Wildman–Crippen LogP) is 2.13. The van der Waals surface area contributed by atoms with Gasteiger partial charge in [0.25, 0.3) is 0 Å². The third kappa shape index (κ3) is 5.33. The van der Waals surface area contributed by atoms with Crippen molar-refractivity contribution < 1.29 is 9.84 Å². The van der Waals surface area contributed by atoms with Crippen LogP contribution in [0.5, 0.6) is 0 Å². The van der Waals surface area contributed by atoms with Gasteiger partial charge in [-0.1, -0.05) is 25.0 Å². The van der Waals surface area contributed by atoms with E-state index in [9.17, 15) is 0 Å². The number of hydrogen-bond donors (Lipinski definition) is 1. The van der Waals surface area contributed by atoms with E-state index in [2.05, 4.69) is 6.92 Å². The van der Waals surface area contributed by atoms with E-state index in [1.54, 1.807) is 7.11 Å². The molecule has 0 bridgehead atoms. The van der Waals surface area contributed by atoms with Crippen molar-refractivity contribution in [2.75, 3.05) is 13.7 Å². The normalized spacial score (nSPS) is 14.8. The summed E-state index contributed by atoms with van der Waals surface area (Å²) in [5, 5.41) is 8.74. The molecule has 0 aromatic carbocycles. The quantitative estimate of drug-likeness (QED) is 0.622. The minimum absolute atomic E-state index is 0.155. The lowest BCUT2D eigenvalue weighted by atomic mass is 10.1. The highest BCUT2D eigenvalue weighted by molar-refractivity contribution is 4.98. The van der Waals surface area contributed by atoms with Crippen LogP contribution in [0, 0.1) is 0 Å². The van der Waals surface area contributed by atoms with Crippen LogP contribution >= 0.6 is 0 Å². The fourth-order valence-electron chi connectivity index (χ4n) is 1.05. The molecule has 0 fully saturated rings. The molecule has 1 N–H and O–H groups in total. The van der Waals surface area contributed by atoms with Gasteiger partial charge in [-0.3, -0.25) is 0 Å².